The summed E-state index contributed by atoms with van der Waals surface area (Å²) in [7, 11) is 0. The molecule has 0 saturated carbocycles. The van der Waals surface area contributed by atoms with Crippen LogP contribution < -0.4 is 0 Å². The van der Waals surface area contributed by atoms with Gasteiger partial charge in [-0.2, -0.15) is 0 Å². The normalized spacial score (nSPS) is 19.4. The van der Waals surface area contributed by atoms with E-state index in [-0.39, 0.29) is 5.91 Å². The Hall–Kier alpha value is -1.49. The second-order valence-electron chi connectivity index (χ2n) is 4.00. The lowest BCUT2D eigenvalue weighted by atomic mass is 10.1. The van der Waals surface area contributed by atoms with Gasteiger partial charge < -0.3 is 10.0 Å². The van der Waals surface area contributed by atoms with Crippen LogP contribution in [-0.4, -0.2) is 39.6 Å². The Morgan fingerprint density at radius 2 is 2.24 bits per heavy atom. The summed E-state index contributed by atoms with van der Waals surface area (Å²) in [6.07, 6.45) is 0. The van der Waals surface area contributed by atoms with E-state index in [9.17, 15) is 9.59 Å². The molecule has 0 unspecified atom stereocenters. The number of rotatable bonds is 2. The Morgan fingerprint density at radius 1 is 1.47 bits per heavy atom. The minimum absolute atomic E-state index is 0.203. The van der Waals surface area contributed by atoms with E-state index in [1.807, 2.05) is 19.1 Å². The highest BCUT2D eigenvalue weighted by Gasteiger charge is 2.34. The number of nitrogens with zero attached hydrogens (tertiary/aromatic N) is 1. The second kappa shape index (κ2) is 4.79. The van der Waals surface area contributed by atoms with E-state index in [1.54, 1.807) is 12.1 Å². The number of carbonyl (C=O) groups is 2. The van der Waals surface area contributed by atoms with Crippen molar-refractivity contribution in [3.05, 3.63) is 35.4 Å². The molecule has 1 heterocycles. The lowest BCUT2D eigenvalue weighted by Gasteiger charge is -2.20. The van der Waals surface area contributed by atoms with Crippen molar-refractivity contribution in [2.24, 2.45) is 0 Å². The smallest absolute Gasteiger partial charge is 0.327 e. The molecule has 1 aromatic carbocycles. The van der Waals surface area contributed by atoms with Crippen LogP contribution in [0.15, 0.2) is 24.3 Å². The van der Waals surface area contributed by atoms with E-state index in [4.69, 9.17) is 5.11 Å². The molecule has 1 atom stereocenters. The van der Waals surface area contributed by atoms with E-state index >= 15 is 0 Å². The minimum Gasteiger partial charge on any atom is -0.480 e. The minimum atomic E-state index is -0.934. The van der Waals surface area contributed by atoms with Crippen molar-refractivity contribution >= 4 is 23.6 Å². The predicted molar refractivity (Wildman–Crippen MR) is 66.1 cm³/mol. The molecule has 5 heteroatoms. The van der Waals surface area contributed by atoms with Crippen LogP contribution in [0.3, 0.4) is 0 Å². The summed E-state index contributed by atoms with van der Waals surface area (Å²) in [5.74, 6) is -0.224. The molecule has 0 aliphatic carbocycles. The summed E-state index contributed by atoms with van der Waals surface area (Å²) in [4.78, 5) is 24.6. The molecule has 1 aliphatic heterocycles. The molecule has 17 heavy (non-hydrogen) atoms. The van der Waals surface area contributed by atoms with Crippen molar-refractivity contribution in [3.63, 3.8) is 0 Å². The lowest BCUT2D eigenvalue weighted by molar-refractivity contribution is -0.140. The third-order valence-electron chi connectivity index (χ3n) is 2.69. The van der Waals surface area contributed by atoms with E-state index in [0.717, 1.165) is 5.56 Å². The molecule has 0 spiro atoms. The van der Waals surface area contributed by atoms with Gasteiger partial charge in [-0.15, -0.1) is 11.8 Å². The van der Waals surface area contributed by atoms with Gasteiger partial charge in [-0.25, -0.2) is 4.79 Å². The number of carbonyl (C=O) groups excluding carboxylic acids is 1. The Kier molecular flexibility index (Phi) is 3.38. The molecule has 0 radical (unpaired) electrons. The fourth-order valence-corrected chi connectivity index (χ4v) is 2.94. The van der Waals surface area contributed by atoms with Gasteiger partial charge in [-0.05, 0) is 19.1 Å². The third kappa shape index (κ3) is 2.44. The largest absolute Gasteiger partial charge is 0.480 e. The SMILES string of the molecule is Cc1cccc(C(=O)N2CSC[C@H]2C(=O)O)c1. The van der Waals surface area contributed by atoms with Crippen LogP contribution in [-0.2, 0) is 4.79 Å². The first-order valence-corrected chi connectivity index (χ1v) is 6.43. The average molecular weight is 251 g/mol. The first-order chi connectivity index (χ1) is 8.09. The van der Waals surface area contributed by atoms with Crippen molar-refractivity contribution in [2.75, 3.05) is 11.6 Å². The molecule has 1 aliphatic rings. The summed E-state index contributed by atoms with van der Waals surface area (Å²) < 4.78 is 0. The summed E-state index contributed by atoms with van der Waals surface area (Å²) in [6.45, 7) is 1.91. The highest BCUT2D eigenvalue weighted by molar-refractivity contribution is 7.99. The fourth-order valence-electron chi connectivity index (χ4n) is 1.79. The summed E-state index contributed by atoms with van der Waals surface area (Å²) in [5, 5.41) is 9.03. The van der Waals surface area contributed by atoms with Crippen LogP contribution in [0.1, 0.15) is 15.9 Å². The molecule has 2 rings (SSSR count). The quantitative estimate of drug-likeness (QED) is 0.867. The maximum atomic E-state index is 12.2. The van der Waals surface area contributed by atoms with Crippen LogP contribution in [0.25, 0.3) is 0 Å². The number of thioether (sulfide) groups is 1. The van der Waals surface area contributed by atoms with Crippen LogP contribution in [0.4, 0.5) is 0 Å². The summed E-state index contributed by atoms with van der Waals surface area (Å²) in [6, 6.07) is 6.51. The molecule has 0 bridgehead atoms. The highest BCUT2D eigenvalue weighted by atomic mass is 32.2. The van der Waals surface area contributed by atoms with Gasteiger partial charge in [0.15, 0.2) is 0 Å². The van der Waals surface area contributed by atoms with Crippen molar-refractivity contribution in [2.45, 2.75) is 13.0 Å². The molecule has 1 aromatic rings. The molecule has 90 valence electrons. The standard InChI is InChI=1S/C12H13NO3S/c1-8-3-2-4-9(5-8)11(14)13-7-17-6-10(13)12(15)16/h2-5,10H,6-7H2,1H3,(H,15,16)/t10-/m0/s1. The van der Waals surface area contributed by atoms with Crippen LogP contribution in [0, 0.1) is 6.92 Å². The predicted octanol–water partition coefficient (Wildman–Crippen LogP) is 1.59. The van der Waals surface area contributed by atoms with Crippen LogP contribution >= 0.6 is 11.8 Å². The molecule has 1 N–H and O–H groups in total. The van der Waals surface area contributed by atoms with Crippen LogP contribution in [0.5, 0.6) is 0 Å². The monoisotopic (exact) mass is 251 g/mol. The van der Waals surface area contributed by atoms with E-state index in [1.165, 1.54) is 16.7 Å². The first-order valence-electron chi connectivity index (χ1n) is 5.28. The van der Waals surface area contributed by atoms with Crippen molar-refractivity contribution in [1.82, 2.24) is 4.90 Å². The van der Waals surface area contributed by atoms with Gasteiger partial charge in [0, 0.05) is 11.3 Å². The highest BCUT2D eigenvalue weighted by Crippen LogP contribution is 2.23. The maximum Gasteiger partial charge on any atom is 0.327 e. The van der Waals surface area contributed by atoms with E-state index < -0.39 is 12.0 Å². The molecular formula is C12H13NO3S. The van der Waals surface area contributed by atoms with Gasteiger partial charge >= 0.3 is 5.97 Å². The van der Waals surface area contributed by atoms with Gasteiger partial charge in [-0.3, -0.25) is 4.79 Å². The summed E-state index contributed by atoms with van der Waals surface area (Å²) >= 11 is 1.47. The van der Waals surface area contributed by atoms with Crippen molar-refractivity contribution in [3.8, 4) is 0 Å². The summed E-state index contributed by atoms with van der Waals surface area (Å²) in [5.41, 5.74) is 1.55. The molecule has 0 aromatic heterocycles. The Labute approximate surface area is 104 Å². The second-order valence-corrected chi connectivity index (χ2v) is 5.00. The van der Waals surface area contributed by atoms with E-state index in [2.05, 4.69) is 0 Å². The van der Waals surface area contributed by atoms with E-state index in [0.29, 0.717) is 17.2 Å². The molecule has 1 fully saturated rings. The molecular weight excluding hydrogens is 238 g/mol. The van der Waals surface area contributed by atoms with Gasteiger partial charge in [0.05, 0.1) is 5.88 Å². The number of carboxylic acid groups (broad SMARTS) is 1. The number of benzene rings is 1. The third-order valence-corrected chi connectivity index (χ3v) is 3.71. The maximum absolute atomic E-state index is 12.2. The van der Waals surface area contributed by atoms with Crippen molar-refractivity contribution < 1.29 is 14.7 Å². The number of aliphatic carboxylic acids is 1. The zero-order chi connectivity index (χ0) is 12.4. The number of hydrogen-bond acceptors (Lipinski definition) is 3. The Bertz CT molecular complexity index is 461. The van der Waals surface area contributed by atoms with Gasteiger partial charge in [0.25, 0.3) is 5.91 Å². The number of amides is 1. The average Bonchev–Trinajstić information content (AvgIpc) is 2.77. The molecule has 4 nitrogen and oxygen atoms in total. The van der Waals surface area contributed by atoms with Crippen molar-refractivity contribution in [1.29, 1.82) is 0 Å². The Balaban J connectivity index is 2.23. The topological polar surface area (TPSA) is 57.6 Å². The zero-order valence-corrected chi connectivity index (χ0v) is 10.2. The van der Waals surface area contributed by atoms with Gasteiger partial charge in [0.2, 0.25) is 0 Å². The number of carboxylic acids is 1. The fraction of sp³-hybridized carbons (Fsp3) is 0.333. The van der Waals surface area contributed by atoms with Crippen LogP contribution in [0.2, 0.25) is 0 Å². The lowest BCUT2D eigenvalue weighted by Crippen LogP contribution is -2.41. The number of aryl methyl sites for hydroxylation is 1. The molecule has 1 amide bonds. The molecule has 1 saturated heterocycles. The van der Waals surface area contributed by atoms with Gasteiger partial charge in [0.1, 0.15) is 6.04 Å². The van der Waals surface area contributed by atoms with Gasteiger partial charge in [-0.1, -0.05) is 17.7 Å². The number of hydrogen-bond donors (Lipinski definition) is 1. The zero-order valence-electron chi connectivity index (χ0n) is 9.42. The first kappa shape index (κ1) is 12.0. The Morgan fingerprint density at radius 3 is 2.88 bits per heavy atom.